The average molecular weight is 303 g/mol. The highest BCUT2D eigenvalue weighted by Gasteiger charge is 2.15. The van der Waals surface area contributed by atoms with Gasteiger partial charge in [-0.3, -0.25) is 4.79 Å². The fourth-order valence-electron chi connectivity index (χ4n) is 2.13. The first-order valence-electron chi connectivity index (χ1n) is 6.99. The normalized spacial score (nSPS) is 13.7. The molecule has 112 valence electrons. The quantitative estimate of drug-likeness (QED) is 0.892. The molecule has 1 heterocycles. The molecule has 2 atom stereocenters. The Morgan fingerprint density at radius 1 is 1.43 bits per heavy atom. The molecular weight excluding hydrogens is 282 g/mol. The van der Waals surface area contributed by atoms with Crippen LogP contribution in [-0.2, 0) is 4.79 Å². The lowest BCUT2D eigenvalue weighted by atomic mass is 10.1. The van der Waals surface area contributed by atoms with E-state index in [4.69, 9.17) is 0 Å². The fraction of sp³-hybridized carbons (Fsp3) is 0.375. The van der Waals surface area contributed by atoms with Gasteiger partial charge >= 0.3 is 0 Å². The van der Waals surface area contributed by atoms with Crippen LogP contribution in [-0.4, -0.2) is 27.5 Å². The summed E-state index contributed by atoms with van der Waals surface area (Å²) in [6.45, 7) is 3.97. The van der Waals surface area contributed by atoms with Crippen molar-refractivity contribution in [1.29, 1.82) is 0 Å². The van der Waals surface area contributed by atoms with Gasteiger partial charge in [0.1, 0.15) is 0 Å². The standard InChI is InChI=1S/C16H21N3OS/c1-12(10-21-3)16(20)18-13(2)14-5-4-6-15(9-14)19-8-7-17-11-19/h4-9,11-13H,10H2,1-3H3,(H,18,20)/t12-,13+/m1/s1. The van der Waals surface area contributed by atoms with E-state index in [0.29, 0.717) is 0 Å². The van der Waals surface area contributed by atoms with Gasteiger partial charge in [0.25, 0.3) is 0 Å². The van der Waals surface area contributed by atoms with Crippen LogP contribution in [0.5, 0.6) is 0 Å². The number of aromatic nitrogens is 2. The van der Waals surface area contributed by atoms with Gasteiger partial charge in [0.15, 0.2) is 0 Å². The number of hydrogen-bond acceptors (Lipinski definition) is 3. The number of benzene rings is 1. The van der Waals surface area contributed by atoms with Crippen LogP contribution in [0.15, 0.2) is 43.0 Å². The van der Waals surface area contributed by atoms with Gasteiger partial charge in [-0.05, 0) is 30.9 Å². The van der Waals surface area contributed by atoms with Crippen molar-refractivity contribution in [3.05, 3.63) is 48.5 Å². The molecule has 0 aliphatic carbocycles. The Kier molecular flexibility index (Phi) is 5.44. The van der Waals surface area contributed by atoms with Crippen molar-refractivity contribution in [3.8, 4) is 5.69 Å². The van der Waals surface area contributed by atoms with Gasteiger partial charge in [-0.1, -0.05) is 19.1 Å². The predicted molar refractivity (Wildman–Crippen MR) is 87.7 cm³/mol. The Hall–Kier alpha value is -1.75. The monoisotopic (exact) mass is 303 g/mol. The maximum absolute atomic E-state index is 12.1. The largest absolute Gasteiger partial charge is 0.349 e. The first kappa shape index (κ1) is 15.6. The predicted octanol–water partition coefficient (Wildman–Crippen LogP) is 3.05. The van der Waals surface area contributed by atoms with E-state index in [2.05, 4.69) is 16.4 Å². The lowest BCUT2D eigenvalue weighted by Gasteiger charge is -2.18. The van der Waals surface area contributed by atoms with Crippen molar-refractivity contribution in [2.24, 2.45) is 5.92 Å². The fourth-order valence-corrected chi connectivity index (χ4v) is 2.78. The molecule has 0 radical (unpaired) electrons. The van der Waals surface area contributed by atoms with E-state index >= 15 is 0 Å². The molecule has 5 heteroatoms. The van der Waals surface area contributed by atoms with Crippen molar-refractivity contribution < 1.29 is 4.79 Å². The van der Waals surface area contributed by atoms with Crippen LogP contribution in [0.4, 0.5) is 0 Å². The topological polar surface area (TPSA) is 46.9 Å². The number of carbonyl (C=O) groups excluding carboxylic acids is 1. The highest BCUT2D eigenvalue weighted by Crippen LogP contribution is 2.17. The first-order valence-corrected chi connectivity index (χ1v) is 8.38. The molecule has 0 fully saturated rings. The molecule has 1 amide bonds. The first-order chi connectivity index (χ1) is 10.1. The molecule has 0 unspecified atom stereocenters. The molecule has 4 nitrogen and oxygen atoms in total. The maximum Gasteiger partial charge on any atom is 0.224 e. The van der Waals surface area contributed by atoms with Crippen LogP contribution in [0.3, 0.4) is 0 Å². The van der Waals surface area contributed by atoms with E-state index in [1.54, 1.807) is 24.3 Å². The minimum Gasteiger partial charge on any atom is -0.349 e. The van der Waals surface area contributed by atoms with E-state index in [0.717, 1.165) is 17.0 Å². The number of hydrogen-bond donors (Lipinski definition) is 1. The summed E-state index contributed by atoms with van der Waals surface area (Å²) >= 11 is 1.69. The third-order valence-corrected chi connectivity index (χ3v) is 4.23. The summed E-state index contributed by atoms with van der Waals surface area (Å²) < 4.78 is 1.95. The zero-order valence-electron chi connectivity index (χ0n) is 12.6. The van der Waals surface area contributed by atoms with Gasteiger partial charge in [-0.25, -0.2) is 4.98 Å². The van der Waals surface area contributed by atoms with Crippen molar-refractivity contribution in [1.82, 2.24) is 14.9 Å². The summed E-state index contributed by atoms with van der Waals surface area (Å²) in [7, 11) is 0. The minimum atomic E-state index is -0.00900. The molecule has 1 aromatic carbocycles. The summed E-state index contributed by atoms with van der Waals surface area (Å²) in [6, 6.07) is 8.12. The van der Waals surface area contributed by atoms with Crippen LogP contribution in [0.2, 0.25) is 0 Å². The van der Waals surface area contributed by atoms with Crippen molar-refractivity contribution in [2.45, 2.75) is 19.9 Å². The second-order valence-electron chi connectivity index (χ2n) is 5.15. The zero-order chi connectivity index (χ0) is 15.2. The van der Waals surface area contributed by atoms with Crippen LogP contribution >= 0.6 is 11.8 Å². The highest BCUT2D eigenvalue weighted by atomic mass is 32.2. The van der Waals surface area contributed by atoms with Gasteiger partial charge in [-0.2, -0.15) is 11.8 Å². The number of nitrogens with zero attached hydrogens (tertiary/aromatic N) is 2. The minimum absolute atomic E-state index is 0.00900. The molecule has 0 bridgehead atoms. The molecule has 0 spiro atoms. The Morgan fingerprint density at radius 2 is 2.24 bits per heavy atom. The lowest BCUT2D eigenvalue weighted by Crippen LogP contribution is -2.32. The number of thioether (sulfide) groups is 1. The molecule has 1 aromatic heterocycles. The Morgan fingerprint density at radius 3 is 2.90 bits per heavy atom. The second-order valence-corrected chi connectivity index (χ2v) is 6.06. The third-order valence-electron chi connectivity index (χ3n) is 3.40. The third kappa shape index (κ3) is 4.11. The van der Waals surface area contributed by atoms with E-state index in [1.165, 1.54) is 0 Å². The summed E-state index contributed by atoms with van der Waals surface area (Å²) in [4.78, 5) is 16.1. The lowest BCUT2D eigenvalue weighted by molar-refractivity contribution is -0.124. The molecule has 2 aromatic rings. The molecule has 0 aliphatic heterocycles. The van der Waals surface area contributed by atoms with Gasteiger partial charge in [0.2, 0.25) is 5.91 Å². The molecule has 0 saturated carbocycles. The number of imidazole rings is 1. The molecule has 2 rings (SSSR count). The molecule has 0 saturated heterocycles. The van der Waals surface area contributed by atoms with E-state index in [1.807, 2.05) is 49.1 Å². The molecule has 1 N–H and O–H groups in total. The summed E-state index contributed by atoms with van der Waals surface area (Å²) in [6.07, 6.45) is 7.44. The Balaban J connectivity index is 2.07. The Labute approximate surface area is 130 Å². The van der Waals surface area contributed by atoms with Gasteiger partial charge in [0.05, 0.1) is 12.4 Å². The number of carbonyl (C=O) groups is 1. The van der Waals surface area contributed by atoms with Crippen molar-refractivity contribution in [2.75, 3.05) is 12.0 Å². The molecular formula is C16H21N3OS. The van der Waals surface area contributed by atoms with Crippen LogP contribution in [0, 0.1) is 5.92 Å². The summed E-state index contributed by atoms with van der Waals surface area (Å²) in [5.41, 5.74) is 2.13. The number of amides is 1. The van der Waals surface area contributed by atoms with E-state index in [9.17, 15) is 4.79 Å². The van der Waals surface area contributed by atoms with Crippen molar-refractivity contribution in [3.63, 3.8) is 0 Å². The van der Waals surface area contributed by atoms with Crippen molar-refractivity contribution >= 4 is 17.7 Å². The summed E-state index contributed by atoms with van der Waals surface area (Å²) in [5, 5.41) is 3.08. The van der Waals surface area contributed by atoms with Crippen LogP contribution in [0.25, 0.3) is 5.69 Å². The van der Waals surface area contributed by atoms with E-state index < -0.39 is 0 Å². The smallest absolute Gasteiger partial charge is 0.224 e. The Bertz CT molecular complexity index is 583. The van der Waals surface area contributed by atoms with Crippen LogP contribution < -0.4 is 5.32 Å². The number of nitrogens with one attached hydrogen (secondary N) is 1. The SMILES string of the molecule is CSC[C@@H](C)C(=O)N[C@@H](C)c1cccc(-n2ccnc2)c1. The summed E-state index contributed by atoms with van der Waals surface area (Å²) in [5.74, 6) is 0.970. The van der Waals surface area contributed by atoms with E-state index in [-0.39, 0.29) is 17.9 Å². The maximum atomic E-state index is 12.1. The average Bonchev–Trinajstić information content (AvgIpc) is 3.01. The number of rotatable bonds is 6. The second kappa shape index (κ2) is 7.31. The van der Waals surface area contributed by atoms with Crippen LogP contribution in [0.1, 0.15) is 25.5 Å². The zero-order valence-corrected chi connectivity index (χ0v) is 13.4. The van der Waals surface area contributed by atoms with Gasteiger partial charge in [0, 0.05) is 29.8 Å². The molecule has 0 aliphatic rings. The van der Waals surface area contributed by atoms with Gasteiger partial charge in [-0.15, -0.1) is 0 Å². The highest BCUT2D eigenvalue weighted by molar-refractivity contribution is 7.98. The molecule has 21 heavy (non-hydrogen) atoms. The van der Waals surface area contributed by atoms with Gasteiger partial charge < -0.3 is 9.88 Å².